The number of rotatable bonds is 4. The maximum atomic E-state index is 12.5. The van der Waals surface area contributed by atoms with Crippen molar-refractivity contribution in [2.24, 2.45) is 5.92 Å². The highest BCUT2D eigenvalue weighted by Crippen LogP contribution is 2.28. The molecule has 128 valence electrons. The molecule has 4 nitrogen and oxygen atoms in total. The fraction of sp³-hybridized carbons (Fsp3) is 0.421. The van der Waals surface area contributed by atoms with E-state index in [9.17, 15) is 9.90 Å². The average Bonchev–Trinajstić information content (AvgIpc) is 3.16. The van der Waals surface area contributed by atoms with E-state index in [0.717, 1.165) is 36.9 Å². The lowest BCUT2D eigenvalue weighted by molar-refractivity contribution is 0.139. The molecule has 0 aliphatic heterocycles. The number of amides is 2. The van der Waals surface area contributed by atoms with Crippen molar-refractivity contribution >= 4 is 23.1 Å². The van der Waals surface area contributed by atoms with E-state index >= 15 is 0 Å². The molecule has 1 heterocycles. The van der Waals surface area contributed by atoms with Gasteiger partial charge < -0.3 is 15.3 Å². The number of hydrogen-bond donors (Lipinski definition) is 2. The molecule has 0 atom stereocenters. The number of benzene rings is 1. The molecule has 3 rings (SSSR count). The van der Waals surface area contributed by atoms with Crippen molar-refractivity contribution < 1.29 is 9.90 Å². The van der Waals surface area contributed by atoms with Crippen molar-refractivity contribution in [2.75, 3.05) is 19.0 Å². The third-order valence-electron chi connectivity index (χ3n) is 4.86. The minimum absolute atomic E-state index is 0.0641. The van der Waals surface area contributed by atoms with Crippen LogP contribution in [0, 0.1) is 5.92 Å². The largest absolute Gasteiger partial charge is 0.396 e. The Kier molecular flexibility index (Phi) is 5.53. The zero-order valence-corrected chi connectivity index (χ0v) is 14.8. The summed E-state index contributed by atoms with van der Waals surface area (Å²) in [5, 5.41) is 14.3. The first-order chi connectivity index (χ1) is 11.7. The molecule has 0 unspecified atom stereocenters. The van der Waals surface area contributed by atoms with Crippen LogP contribution in [0.3, 0.4) is 0 Å². The first kappa shape index (κ1) is 17.0. The fourth-order valence-corrected chi connectivity index (χ4v) is 4.01. The van der Waals surface area contributed by atoms with Gasteiger partial charge in [0.15, 0.2) is 0 Å². The maximum Gasteiger partial charge on any atom is 0.321 e. The molecular weight excluding hydrogens is 320 g/mol. The van der Waals surface area contributed by atoms with E-state index in [1.165, 1.54) is 4.88 Å². The van der Waals surface area contributed by atoms with Crippen LogP contribution in [0.2, 0.25) is 0 Å². The van der Waals surface area contributed by atoms with Gasteiger partial charge in [-0.3, -0.25) is 0 Å². The predicted molar refractivity (Wildman–Crippen MR) is 99.4 cm³/mol. The quantitative estimate of drug-likeness (QED) is 0.862. The van der Waals surface area contributed by atoms with Crippen LogP contribution in [-0.2, 0) is 0 Å². The molecule has 1 saturated carbocycles. The van der Waals surface area contributed by atoms with Crippen molar-refractivity contribution in [2.45, 2.75) is 31.7 Å². The van der Waals surface area contributed by atoms with Crippen LogP contribution in [0.5, 0.6) is 0 Å². The molecule has 5 heteroatoms. The number of anilines is 1. The SMILES string of the molecule is CN(C(=O)Nc1cccc(-c2cccs2)c1)C1CCC(CO)CC1. The third-order valence-corrected chi connectivity index (χ3v) is 5.78. The number of carbonyl (C=O) groups is 1. The van der Waals surface area contributed by atoms with Crippen LogP contribution in [0.4, 0.5) is 10.5 Å². The number of nitrogens with zero attached hydrogens (tertiary/aromatic N) is 1. The molecular formula is C19H24N2O2S. The summed E-state index contributed by atoms with van der Waals surface area (Å²) in [5.74, 6) is 0.403. The highest BCUT2D eigenvalue weighted by atomic mass is 32.1. The molecule has 2 aromatic rings. The summed E-state index contributed by atoms with van der Waals surface area (Å²) in [4.78, 5) is 15.5. The van der Waals surface area contributed by atoms with Gasteiger partial charge in [-0.05, 0) is 60.7 Å². The first-order valence-corrected chi connectivity index (χ1v) is 9.34. The predicted octanol–water partition coefficient (Wildman–Crippen LogP) is 4.43. The molecule has 2 N–H and O–H groups in total. The minimum Gasteiger partial charge on any atom is -0.396 e. The highest BCUT2D eigenvalue weighted by Gasteiger charge is 2.26. The van der Waals surface area contributed by atoms with Crippen molar-refractivity contribution in [3.8, 4) is 10.4 Å². The lowest BCUT2D eigenvalue weighted by Crippen LogP contribution is -2.42. The normalized spacial score (nSPS) is 20.6. The Balaban J connectivity index is 1.61. The molecule has 1 aromatic heterocycles. The molecule has 0 spiro atoms. The summed E-state index contributed by atoms with van der Waals surface area (Å²) in [6.07, 6.45) is 3.91. The topological polar surface area (TPSA) is 52.6 Å². The Morgan fingerprint density at radius 1 is 1.25 bits per heavy atom. The van der Waals surface area contributed by atoms with Crippen LogP contribution in [0.1, 0.15) is 25.7 Å². The number of aliphatic hydroxyl groups excluding tert-OH is 1. The van der Waals surface area contributed by atoms with Crippen LogP contribution in [0.15, 0.2) is 41.8 Å². The molecule has 24 heavy (non-hydrogen) atoms. The summed E-state index contributed by atoms with van der Waals surface area (Å²) in [6, 6.07) is 12.3. The monoisotopic (exact) mass is 344 g/mol. The van der Waals surface area contributed by atoms with E-state index in [-0.39, 0.29) is 18.7 Å². The van der Waals surface area contributed by atoms with Crippen molar-refractivity contribution in [3.05, 3.63) is 41.8 Å². The van der Waals surface area contributed by atoms with E-state index in [4.69, 9.17) is 0 Å². The summed E-state index contributed by atoms with van der Waals surface area (Å²) in [7, 11) is 1.86. The summed E-state index contributed by atoms with van der Waals surface area (Å²) in [5.41, 5.74) is 1.94. The van der Waals surface area contributed by atoms with Gasteiger partial charge in [0.1, 0.15) is 0 Å². The number of aliphatic hydroxyl groups is 1. The Bertz CT molecular complexity index is 664. The van der Waals surface area contributed by atoms with E-state index in [1.54, 1.807) is 11.3 Å². The fourth-order valence-electron chi connectivity index (χ4n) is 3.29. The van der Waals surface area contributed by atoms with Gasteiger partial charge >= 0.3 is 6.03 Å². The van der Waals surface area contributed by atoms with Crippen molar-refractivity contribution in [3.63, 3.8) is 0 Å². The molecule has 0 saturated heterocycles. The van der Waals surface area contributed by atoms with E-state index in [2.05, 4.69) is 22.8 Å². The Morgan fingerprint density at radius 3 is 2.71 bits per heavy atom. The standard InChI is InChI=1S/C19H24N2O2S/c1-21(17-9-7-14(13-22)8-10-17)19(23)20-16-5-2-4-15(12-16)18-6-3-11-24-18/h2-6,11-12,14,17,22H,7-10,13H2,1H3,(H,20,23). The van der Waals surface area contributed by atoms with Gasteiger partial charge in [0.05, 0.1) is 0 Å². The number of hydrogen-bond acceptors (Lipinski definition) is 3. The third kappa shape index (κ3) is 3.97. The minimum atomic E-state index is -0.0641. The van der Waals surface area contributed by atoms with Crippen LogP contribution in [-0.4, -0.2) is 35.7 Å². The Hall–Kier alpha value is -1.85. The highest BCUT2D eigenvalue weighted by molar-refractivity contribution is 7.13. The molecule has 1 fully saturated rings. The summed E-state index contributed by atoms with van der Waals surface area (Å²) < 4.78 is 0. The van der Waals surface area contributed by atoms with Gasteiger partial charge in [-0.2, -0.15) is 0 Å². The van der Waals surface area contributed by atoms with Gasteiger partial charge in [0.25, 0.3) is 0 Å². The van der Waals surface area contributed by atoms with E-state index in [0.29, 0.717) is 5.92 Å². The molecule has 1 aliphatic rings. The van der Waals surface area contributed by atoms with Crippen molar-refractivity contribution in [1.29, 1.82) is 0 Å². The average molecular weight is 344 g/mol. The van der Waals surface area contributed by atoms with Gasteiger partial charge in [-0.1, -0.05) is 18.2 Å². The molecule has 0 bridgehead atoms. The zero-order valence-electron chi connectivity index (χ0n) is 13.9. The van der Waals surface area contributed by atoms with Crippen molar-refractivity contribution in [1.82, 2.24) is 4.90 Å². The number of urea groups is 1. The van der Waals surface area contributed by atoms with Gasteiger partial charge in [0, 0.05) is 30.3 Å². The smallest absolute Gasteiger partial charge is 0.321 e. The van der Waals surface area contributed by atoms with Gasteiger partial charge in [-0.25, -0.2) is 4.79 Å². The number of carbonyl (C=O) groups excluding carboxylic acids is 1. The van der Waals surface area contributed by atoms with E-state index < -0.39 is 0 Å². The number of nitrogens with one attached hydrogen (secondary N) is 1. The van der Waals surface area contributed by atoms with Crippen LogP contribution in [0.25, 0.3) is 10.4 Å². The molecule has 1 aliphatic carbocycles. The maximum absolute atomic E-state index is 12.5. The summed E-state index contributed by atoms with van der Waals surface area (Å²) >= 11 is 1.69. The molecule has 1 aromatic carbocycles. The van der Waals surface area contributed by atoms with Crippen LogP contribution >= 0.6 is 11.3 Å². The summed E-state index contributed by atoms with van der Waals surface area (Å²) in [6.45, 7) is 0.262. The van der Waals surface area contributed by atoms with Gasteiger partial charge in [0.2, 0.25) is 0 Å². The lowest BCUT2D eigenvalue weighted by atomic mass is 9.86. The molecule has 2 amide bonds. The second kappa shape index (κ2) is 7.81. The number of thiophene rings is 1. The Morgan fingerprint density at radius 2 is 2.04 bits per heavy atom. The first-order valence-electron chi connectivity index (χ1n) is 8.46. The zero-order chi connectivity index (χ0) is 16.9. The second-order valence-corrected chi connectivity index (χ2v) is 7.40. The lowest BCUT2D eigenvalue weighted by Gasteiger charge is -2.34. The van der Waals surface area contributed by atoms with Gasteiger partial charge in [-0.15, -0.1) is 11.3 Å². The van der Waals surface area contributed by atoms with E-state index in [1.807, 2.05) is 36.2 Å². The second-order valence-electron chi connectivity index (χ2n) is 6.46. The Labute approximate surface area is 147 Å². The van der Waals surface area contributed by atoms with Crippen LogP contribution < -0.4 is 5.32 Å². The molecule has 0 radical (unpaired) electrons.